The van der Waals surface area contributed by atoms with Crippen molar-refractivity contribution in [2.75, 3.05) is 13.1 Å². The van der Waals surface area contributed by atoms with Gasteiger partial charge in [0.05, 0.1) is 5.56 Å². The van der Waals surface area contributed by atoms with E-state index in [-0.39, 0.29) is 24.4 Å². The summed E-state index contributed by atoms with van der Waals surface area (Å²) in [4.78, 5) is 14.0. The smallest absolute Gasteiger partial charge is 0.255 e. The summed E-state index contributed by atoms with van der Waals surface area (Å²) >= 11 is 3.43. The van der Waals surface area contributed by atoms with Gasteiger partial charge < -0.3 is 10.6 Å². The van der Waals surface area contributed by atoms with Gasteiger partial charge in [0.1, 0.15) is 0 Å². The Morgan fingerprint density at radius 2 is 2.24 bits per heavy atom. The average Bonchev–Trinajstić information content (AvgIpc) is 2.64. The van der Waals surface area contributed by atoms with Crippen LogP contribution >= 0.6 is 28.3 Å². The van der Waals surface area contributed by atoms with Crippen molar-refractivity contribution in [3.05, 3.63) is 33.8 Å². The molecule has 2 N–H and O–H groups in total. The number of amides is 1. The quantitative estimate of drug-likeness (QED) is 0.863. The Morgan fingerprint density at radius 1 is 1.53 bits per heavy atom. The van der Waals surface area contributed by atoms with Crippen molar-refractivity contribution in [2.24, 2.45) is 5.73 Å². The molecule has 94 valence electrons. The van der Waals surface area contributed by atoms with Gasteiger partial charge in [-0.15, -0.1) is 12.4 Å². The summed E-state index contributed by atoms with van der Waals surface area (Å²) in [5.41, 5.74) is 7.66. The first-order valence-corrected chi connectivity index (χ1v) is 6.18. The minimum atomic E-state index is 0. The van der Waals surface area contributed by atoms with Gasteiger partial charge in [0.2, 0.25) is 0 Å². The summed E-state index contributed by atoms with van der Waals surface area (Å²) in [7, 11) is 0. The van der Waals surface area contributed by atoms with Crippen molar-refractivity contribution >= 4 is 34.2 Å². The monoisotopic (exact) mass is 318 g/mol. The Balaban J connectivity index is 0.00000144. The standard InChI is InChI=1S/C12H15BrN2O.ClH/c1-8-2-3-10(11(13)6-8)12(16)15-5-4-9(14)7-15;/h2-3,6,9H,4-5,7,14H2,1H3;1H. The highest BCUT2D eigenvalue weighted by molar-refractivity contribution is 9.10. The number of rotatable bonds is 1. The van der Waals surface area contributed by atoms with Crippen LogP contribution in [-0.4, -0.2) is 29.9 Å². The van der Waals surface area contributed by atoms with Crippen LogP contribution in [0.15, 0.2) is 22.7 Å². The fourth-order valence-electron chi connectivity index (χ4n) is 1.94. The maximum Gasteiger partial charge on any atom is 0.255 e. The maximum atomic E-state index is 12.2. The number of hydrogen-bond donors (Lipinski definition) is 1. The summed E-state index contributed by atoms with van der Waals surface area (Å²) in [6, 6.07) is 5.91. The minimum absolute atomic E-state index is 0. The van der Waals surface area contributed by atoms with Crippen molar-refractivity contribution in [3.8, 4) is 0 Å². The lowest BCUT2D eigenvalue weighted by Gasteiger charge is -2.16. The zero-order chi connectivity index (χ0) is 11.7. The Bertz CT molecular complexity index is 425. The lowest BCUT2D eigenvalue weighted by molar-refractivity contribution is 0.0790. The SMILES string of the molecule is Cc1ccc(C(=O)N2CCC(N)C2)c(Br)c1.Cl. The molecule has 5 heteroatoms. The summed E-state index contributed by atoms with van der Waals surface area (Å²) in [6.45, 7) is 3.43. The van der Waals surface area contributed by atoms with E-state index in [1.165, 1.54) is 0 Å². The van der Waals surface area contributed by atoms with E-state index in [9.17, 15) is 4.79 Å². The predicted molar refractivity (Wildman–Crippen MR) is 74.6 cm³/mol. The number of halogens is 2. The first-order chi connectivity index (χ1) is 7.58. The number of nitrogens with two attached hydrogens (primary N) is 1. The van der Waals surface area contributed by atoms with Gasteiger partial charge >= 0.3 is 0 Å². The van der Waals surface area contributed by atoms with E-state index in [0.717, 1.165) is 28.6 Å². The second kappa shape index (κ2) is 5.85. The highest BCUT2D eigenvalue weighted by Gasteiger charge is 2.25. The summed E-state index contributed by atoms with van der Waals surface area (Å²) in [5.74, 6) is 0.0693. The van der Waals surface area contributed by atoms with Gasteiger partial charge in [-0.3, -0.25) is 4.79 Å². The third-order valence-electron chi connectivity index (χ3n) is 2.87. The van der Waals surface area contributed by atoms with Gasteiger partial charge in [-0.2, -0.15) is 0 Å². The fourth-order valence-corrected chi connectivity index (χ4v) is 2.60. The van der Waals surface area contributed by atoms with Gasteiger partial charge in [0, 0.05) is 23.6 Å². The van der Waals surface area contributed by atoms with Crippen LogP contribution in [0.3, 0.4) is 0 Å². The average molecular weight is 320 g/mol. The molecule has 2 rings (SSSR count). The number of benzene rings is 1. The van der Waals surface area contributed by atoms with Crippen molar-refractivity contribution in [1.82, 2.24) is 4.90 Å². The van der Waals surface area contributed by atoms with Crippen molar-refractivity contribution in [2.45, 2.75) is 19.4 Å². The van der Waals surface area contributed by atoms with Gasteiger partial charge in [-0.1, -0.05) is 6.07 Å². The van der Waals surface area contributed by atoms with Gasteiger partial charge in [-0.05, 0) is 47.0 Å². The second-order valence-corrected chi connectivity index (χ2v) is 5.14. The number of carbonyl (C=O) groups excluding carboxylic acids is 1. The number of aryl methyl sites for hydroxylation is 1. The highest BCUT2D eigenvalue weighted by Crippen LogP contribution is 2.21. The van der Waals surface area contributed by atoms with Crippen LogP contribution in [0.5, 0.6) is 0 Å². The molecule has 1 saturated heterocycles. The number of carbonyl (C=O) groups is 1. The van der Waals surface area contributed by atoms with E-state index in [4.69, 9.17) is 5.73 Å². The van der Waals surface area contributed by atoms with E-state index in [2.05, 4.69) is 15.9 Å². The Hall–Kier alpha value is -0.580. The second-order valence-electron chi connectivity index (χ2n) is 4.28. The van der Waals surface area contributed by atoms with Crippen LogP contribution in [0.4, 0.5) is 0 Å². The first-order valence-electron chi connectivity index (χ1n) is 5.39. The lowest BCUT2D eigenvalue weighted by atomic mass is 10.1. The zero-order valence-corrected chi connectivity index (χ0v) is 12.1. The van der Waals surface area contributed by atoms with Crippen molar-refractivity contribution in [1.29, 1.82) is 0 Å². The molecule has 3 nitrogen and oxygen atoms in total. The van der Waals surface area contributed by atoms with Gasteiger partial charge in [0.15, 0.2) is 0 Å². The number of hydrogen-bond acceptors (Lipinski definition) is 2. The molecule has 0 saturated carbocycles. The van der Waals surface area contributed by atoms with Gasteiger partial charge in [0.25, 0.3) is 5.91 Å². The summed E-state index contributed by atoms with van der Waals surface area (Å²) < 4.78 is 0.859. The van der Waals surface area contributed by atoms with E-state index >= 15 is 0 Å². The molecule has 1 aliphatic heterocycles. The molecule has 1 unspecified atom stereocenters. The van der Waals surface area contributed by atoms with Crippen molar-refractivity contribution in [3.63, 3.8) is 0 Å². The Labute approximate surface area is 116 Å². The molecule has 1 aromatic rings. The molecule has 0 spiro atoms. The van der Waals surface area contributed by atoms with E-state index in [1.54, 1.807) is 0 Å². The Kier molecular flexibility index (Phi) is 4.98. The molecule has 0 aromatic heterocycles. The number of likely N-dealkylation sites (tertiary alicyclic amines) is 1. The third kappa shape index (κ3) is 3.21. The van der Waals surface area contributed by atoms with Gasteiger partial charge in [-0.25, -0.2) is 0 Å². The van der Waals surface area contributed by atoms with Crippen LogP contribution in [0.1, 0.15) is 22.3 Å². The predicted octanol–water partition coefficient (Wildman–Crippen LogP) is 2.35. The molecular weight excluding hydrogens is 304 g/mol. The topological polar surface area (TPSA) is 46.3 Å². The largest absolute Gasteiger partial charge is 0.337 e. The summed E-state index contributed by atoms with van der Waals surface area (Å²) in [5, 5.41) is 0. The third-order valence-corrected chi connectivity index (χ3v) is 3.52. The minimum Gasteiger partial charge on any atom is -0.337 e. The molecular formula is C12H16BrClN2O. The molecule has 0 radical (unpaired) electrons. The molecule has 0 aliphatic carbocycles. The molecule has 1 aliphatic rings. The van der Waals surface area contributed by atoms with Crippen LogP contribution in [-0.2, 0) is 0 Å². The summed E-state index contributed by atoms with van der Waals surface area (Å²) in [6.07, 6.45) is 0.898. The Morgan fingerprint density at radius 3 is 2.76 bits per heavy atom. The van der Waals surface area contributed by atoms with Crippen LogP contribution in [0, 0.1) is 6.92 Å². The van der Waals surface area contributed by atoms with E-state index in [0.29, 0.717) is 6.54 Å². The zero-order valence-electron chi connectivity index (χ0n) is 9.65. The van der Waals surface area contributed by atoms with E-state index in [1.807, 2.05) is 30.0 Å². The van der Waals surface area contributed by atoms with Crippen LogP contribution in [0.2, 0.25) is 0 Å². The maximum absolute atomic E-state index is 12.2. The first kappa shape index (κ1) is 14.5. The van der Waals surface area contributed by atoms with Crippen LogP contribution in [0.25, 0.3) is 0 Å². The lowest BCUT2D eigenvalue weighted by Crippen LogP contribution is -2.32. The van der Waals surface area contributed by atoms with E-state index < -0.39 is 0 Å². The van der Waals surface area contributed by atoms with Crippen LogP contribution < -0.4 is 5.73 Å². The molecule has 1 fully saturated rings. The van der Waals surface area contributed by atoms with Crippen molar-refractivity contribution < 1.29 is 4.79 Å². The fraction of sp³-hybridized carbons (Fsp3) is 0.417. The molecule has 17 heavy (non-hydrogen) atoms. The molecule has 1 atom stereocenters. The molecule has 1 aromatic carbocycles. The highest BCUT2D eigenvalue weighted by atomic mass is 79.9. The molecule has 1 heterocycles. The molecule has 0 bridgehead atoms. The molecule has 1 amide bonds. The normalized spacial score (nSPS) is 19.0. The number of nitrogens with zero attached hydrogens (tertiary/aromatic N) is 1.